The van der Waals surface area contributed by atoms with Crippen LogP contribution in [-0.2, 0) is 10.2 Å². The van der Waals surface area contributed by atoms with Gasteiger partial charge in [-0.15, -0.1) is 0 Å². The van der Waals surface area contributed by atoms with E-state index in [1.807, 2.05) is 0 Å². The zero-order valence-corrected chi connectivity index (χ0v) is 6.08. The van der Waals surface area contributed by atoms with Crippen LogP contribution in [0, 0.1) is 0 Å². The minimum absolute atomic E-state index is 0.329. The van der Waals surface area contributed by atoms with E-state index in [0.717, 1.165) is 4.31 Å². The van der Waals surface area contributed by atoms with Crippen molar-refractivity contribution in [2.45, 2.75) is 0 Å². The molecule has 56 valence electrons. The fourth-order valence-electron chi connectivity index (χ4n) is 0.639. The van der Waals surface area contributed by atoms with Gasteiger partial charge in [-0.05, 0) is 6.08 Å². The van der Waals surface area contributed by atoms with Crippen molar-refractivity contribution in [1.82, 2.24) is 4.31 Å². The van der Waals surface area contributed by atoms with Gasteiger partial charge in [0.1, 0.15) is 0 Å². The number of hydrogen-bond donors (Lipinski definition) is 1. The lowest BCUT2D eigenvalue weighted by Crippen LogP contribution is -2.33. The topological polar surface area (TPSA) is 63.4 Å². The van der Waals surface area contributed by atoms with E-state index in [1.165, 1.54) is 6.20 Å². The van der Waals surface area contributed by atoms with E-state index in [4.69, 9.17) is 5.14 Å². The quantitative estimate of drug-likeness (QED) is 0.566. The maximum Gasteiger partial charge on any atom is 0.298 e. The molecule has 0 atom stereocenters. The van der Waals surface area contributed by atoms with Gasteiger partial charge in [0.2, 0.25) is 0 Å². The minimum atomic E-state index is -3.53. The van der Waals surface area contributed by atoms with E-state index in [2.05, 4.69) is 0 Å². The molecule has 0 radical (unpaired) electrons. The largest absolute Gasteiger partial charge is 0.298 e. The average molecular weight is 160 g/mol. The standard InChI is InChI=1S/C5H8N2O2S/c6-10(8,9)7-4-2-1-3-5-7/h1-4H,5H2,(H2,6,8,9). The summed E-state index contributed by atoms with van der Waals surface area (Å²) in [5, 5.41) is 4.82. The van der Waals surface area contributed by atoms with Gasteiger partial charge in [0, 0.05) is 6.20 Å². The molecule has 0 aliphatic carbocycles. The van der Waals surface area contributed by atoms with E-state index >= 15 is 0 Å². The molecule has 0 unspecified atom stereocenters. The highest BCUT2D eigenvalue weighted by Gasteiger charge is 2.10. The molecule has 10 heavy (non-hydrogen) atoms. The van der Waals surface area contributed by atoms with Crippen LogP contribution in [0.3, 0.4) is 0 Å². The molecule has 0 bridgehead atoms. The highest BCUT2D eigenvalue weighted by atomic mass is 32.2. The second kappa shape index (κ2) is 2.43. The SMILES string of the molecule is NS(=O)(=O)N1C=CC=CC1. The predicted molar refractivity (Wildman–Crippen MR) is 38.1 cm³/mol. The number of allylic oxidation sites excluding steroid dienone is 2. The Morgan fingerprint density at radius 1 is 1.40 bits per heavy atom. The minimum Gasteiger partial charge on any atom is -0.261 e. The van der Waals surface area contributed by atoms with Crippen LogP contribution in [-0.4, -0.2) is 19.3 Å². The summed E-state index contributed by atoms with van der Waals surface area (Å²) < 4.78 is 22.3. The summed E-state index contributed by atoms with van der Waals surface area (Å²) >= 11 is 0. The first-order valence-electron chi connectivity index (χ1n) is 2.73. The second-order valence-corrected chi connectivity index (χ2v) is 3.38. The lowest BCUT2D eigenvalue weighted by Gasteiger charge is -2.16. The van der Waals surface area contributed by atoms with Crippen LogP contribution in [0.2, 0.25) is 0 Å². The average Bonchev–Trinajstić information content (AvgIpc) is 1.88. The number of hydrogen-bond acceptors (Lipinski definition) is 2. The molecule has 0 aromatic rings. The smallest absolute Gasteiger partial charge is 0.261 e. The van der Waals surface area contributed by atoms with Gasteiger partial charge in [-0.3, -0.25) is 4.31 Å². The Balaban J connectivity index is 2.79. The maximum absolute atomic E-state index is 10.6. The summed E-state index contributed by atoms with van der Waals surface area (Å²) in [6.45, 7) is 0.329. The van der Waals surface area contributed by atoms with Gasteiger partial charge in [-0.25, -0.2) is 5.14 Å². The van der Waals surface area contributed by atoms with Crippen molar-refractivity contribution in [3.63, 3.8) is 0 Å². The van der Waals surface area contributed by atoms with Gasteiger partial charge in [0.15, 0.2) is 0 Å². The summed E-state index contributed by atoms with van der Waals surface area (Å²) in [6.07, 6.45) is 6.52. The summed E-state index contributed by atoms with van der Waals surface area (Å²) in [4.78, 5) is 0. The van der Waals surface area contributed by atoms with Crippen LogP contribution in [0.5, 0.6) is 0 Å². The van der Waals surface area contributed by atoms with Crippen molar-refractivity contribution in [1.29, 1.82) is 0 Å². The first-order chi connectivity index (χ1) is 4.61. The van der Waals surface area contributed by atoms with Gasteiger partial charge < -0.3 is 0 Å². The Bertz CT molecular complexity index is 265. The lowest BCUT2D eigenvalue weighted by molar-refractivity contribution is 0.522. The van der Waals surface area contributed by atoms with Crippen LogP contribution in [0.1, 0.15) is 0 Å². The summed E-state index contributed by atoms with van der Waals surface area (Å²) in [6, 6.07) is 0. The molecule has 4 nitrogen and oxygen atoms in total. The van der Waals surface area contributed by atoms with E-state index in [1.54, 1.807) is 18.2 Å². The summed E-state index contributed by atoms with van der Waals surface area (Å²) in [5.41, 5.74) is 0. The molecule has 0 amide bonds. The number of nitrogens with two attached hydrogens (primary N) is 1. The van der Waals surface area contributed by atoms with Crippen molar-refractivity contribution < 1.29 is 8.42 Å². The Labute approximate surface area is 59.8 Å². The van der Waals surface area contributed by atoms with Gasteiger partial charge in [-0.2, -0.15) is 8.42 Å². The normalized spacial score (nSPS) is 17.9. The fourth-order valence-corrected chi connectivity index (χ4v) is 1.17. The Kier molecular flexibility index (Phi) is 1.78. The molecule has 0 aromatic heterocycles. The van der Waals surface area contributed by atoms with Crippen molar-refractivity contribution in [3.8, 4) is 0 Å². The molecule has 0 fully saturated rings. The van der Waals surface area contributed by atoms with Crippen molar-refractivity contribution in [2.75, 3.05) is 6.54 Å². The number of nitrogens with zero attached hydrogens (tertiary/aromatic N) is 1. The van der Waals surface area contributed by atoms with Gasteiger partial charge in [0.25, 0.3) is 10.2 Å². The van der Waals surface area contributed by atoms with E-state index in [0.29, 0.717) is 6.54 Å². The number of rotatable bonds is 1. The van der Waals surface area contributed by atoms with Crippen molar-refractivity contribution >= 4 is 10.2 Å². The summed E-state index contributed by atoms with van der Waals surface area (Å²) in [5.74, 6) is 0. The second-order valence-electron chi connectivity index (χ2n) is 1.88. The highest BCUT2D eigenvalue weighted by Crippen LogP contribution is 2.00. The van der Waals surface area contributed by atoms with Gasteiger partial charge in [0.05, 0.1) is 6.54 Å². The zero-order valence-electron chi connectivity index (χ0n) is 5.27. The molecular weight excluding hydrogens is 152 g/mol. The third-order valence-corrected chi connectivity index (χ3v) is 2.04. The molecule has 1 aliphatic rings. The fraction of sp³-hybridized carbons (Fsp3) is 0.200. The molecular formula is C5H8N2O2S. The Morgan fingerprint density at radius 2 is 2.10 bits per heavy atom. The molecule has 1 rings (SSSR count). The van der Waals surface area contributed by atoms with Crippen molar-refractivity contribution in [2.24, 2.45) is 5.14 Å². The van der Waals surface area contributed by atoms with Crippen LogP contribution in [0.4, 0.5) is 0 Å². The van der Waals surface area contributed by atoms with E-state index in [-0.39, 0.29) is 0 Å². The monoisotopic (exact) mass is 160 g/mol. The van der Waals surface area contributed by atoms with Crippen LogP contribution in [0.25, 0.3) is 0 Å². The molecule has 0 saturated heterocycles. The third kappa shape index (κ3) is 1.58. The first-order valence-corrected chi connectivity index (χ1v) is 4.24. The lowest BCUT2D eigenvalue weighted by atomic mass is 10.4. The first kappa shape index (κ1) is 7.30. The Morgan fingerprint density at radius 3 is 2.40 bits per heavy atom. The van der Waals surface area contributed by atoms with E-state index < -0.39 is 10.2 Å². The molecule has 1 heterocycles. The van der Waals surface area contributed by atoms with Crippen LogP contribution >= 0.6 is 0 Å². The van der Waals surface area contributed by atoms with Crippen molar-refractivity contribution in [3.05, 3.63) is 24.4 Å². The molecule has 0 spiro atoms. The summed E-state index contributed by atoms with van der Waals surface area (Å²) in [7, 11) is -3.53. The maximum atomic E-state index is 10.6. The molecule has 0 saturated carbocycles. The van der Waals surface area contributed by atoms with E-state index in [9.17, 15) is 8.42 Å². The molecule has 5 heteroatoms. The predicted octanol–water partition coefficient (Wildman–Crippen LogP) is -0.425. The third-order valence-electron chi connectivity index (χ3n) is 1.11. The zero-order chi connectivity index (χ0) is 7.61. The van der Waals surface area contributed by atoms with Gasteiger partial charge in [-0.1, -0.05) is 12.2 Å². The molecule has 0 aromatic carbocycles. The Hall–Kier alpha value is -0.810. The van der Waals surface area contributed by atoms with Gasteiger partial charge >= 0.3 is 0 Å². The van der Waals surface area contributed by atoms with Crippen LogP contribution in [0.15, 0.2) is 24.4 Å². The molecule has 1 aliphatic heterocycles. The highest BCUT2D eigenvalue weighted by molar-refractivity contribution is 7.86. The van der Waals surface area contributed by atoms with Crippen LogP contribution < -0.4 is 5.14 Å². The molecule has 2 N–H and O–H groups in total.